The van der Waals surface area contributed by atoms with Crippen LogP contribution in [0.5, 0.6) is 11.5 Å². The summed E-state index contributed by atoms with van der Waals surface area (Å²) in [5.41, 5.74) is 2.38. The van der Waals surface area contributed by atoms with Crippen molar-refractivity contribution in [2.24, 2.45) is 11.8 Å². The fourth-order valence-electron chi connectivity index (χ4n) is 6.70. The predicted octanol–water partition coefficient (Wildman–Crippen LogP) is 2.24. The Bertz CT molecular complexity index is 986. The first kappa shape index (κ1) is 19.7. The van der Waals surface area contributed by atoms with Crippen LogP contribution in [0.3, 0.4) is 0 Å². The number of piperidine rings is 2. The number of nitrogens with zero attached hydrogens (tertiary/aromatic N) is 1. The lowest BCUT2D eigenvalue weighted by Crippen LogP contribution is -2.67. The normalized spacial score (nSPS) is 31.9. The van der Waals surface area contributed by atoms with Crippen molar-refractivity contribution in [2.45, 2.75) is 37.1 Å². The number of esters is 1. The van der Waals surface area contributed by atoms with Gasteiger partial charge in [-0.2, -0.15) is 0 Å². The summed E-state index contributed by atoms with van der Waals surface area (Å²) in [5, 5.41) is 10.8. The number of hydrogen-bond acceptors (Lipinski definition) is 6. The summed E-state index contributed by atoms with van der Waals surface area (Å²) in [7, 11) is 4.76. The van der Waals surface area contributed by atoms with Crippen LogP contribution in [-0.2, 0) is 21.4 Å². The minimum Gasteiger partial charge on any atom is -0.493 e. The number of nitrogens with one attached hydrogen (secondary N) is 1. The SMILES string of the molecule is COC(=O)C12C[C@@H]3CC(CCO)C1N(CCc1c2[nH]c2cc(OC)c(OC)cc12)C3. The zero-order valence-electron chi connectivity index (χ0n) is 17.9. The van der Waals surface area contributed by atoms with Gasteiger partial charge in [0.2, 0.25) is 0 Å². The van der Waals surface area contributed by atoms with E-state index < -0.39 is 5.41 Å². The van der Waals surface area contributed by atoms with Crippen molar-refractivity contribution in [3.63, 3.8) is 0 Å². The number of aromatic amines is 1. The quantitative estimate of drug-likeness (QED) is 0.730. The zero-order valence-corrected chi connectivity index (χ0v) is 17.9. The highest BCUT2D eigenvalue weighted by Gasteiger charge is 2.62. The van der Waals surface area contributed by atoms with Gasteiger partial charge in [0.15, 0.2) is 11.5 Å². The van der Waals surface area contributed by atoms with Crippen LogP contribution in [0.2, 0.25) is 0 Å². The average molecular weight is 415 g/mol. The molecule has 5 atom stereocenters. The van der Waals surface area contributed by atoms with E-state index in [1.807, 2.05) is 12.1 Å². The lowest BCUT2D eigenvalue weighted by Gasteiger charge is -2.57. The molecular formula is C23H30N2O5. The van der Waals surface area contributed by atoms with E-state index >= 15 is 0 Å². The van der Waals surface area contributed by atoms with Gasteiger partial charge in [-0.1, -0.05) is 0 Å². The van der Waals surface area contributed by atoms with Gasteiger partial charge in [-0.05, 0) is 49.1 Å². The summed E-state index contributed by atoms with van der Waals surface area (Å²) in [6, 6.07) is 4.01. The smallest absolute Gasteiger partial charge is 0.319 e. The number of hydrogen-bond donors (Lipinski definition) is 2. The molecule has 2 N–H and O–H groups in total. The van der Waals surface area contributed by atoms with Crippen LogP contribution < -0.4 is 9.47 Å². The van der Waals surface area contributed by atoms with Gasteiger partial charge in [-0.25, -0.2) is 0 Å². The molecule has 0 radical (unpaired) electrons. The van der Waals surface area contributed by atoms with E-state index in [4.69, 9.17) is 14.2 Å². The summed E-state index contributed by atoms with van der Waals surface area (Å²) < 4.78 is 16.5. The number of benzene rings is 1. The van der Waals surface area contributed by atoms with E-state index in [1.165, 1.54) is 12.7 Å². The Morgan fingerprint density at radius 1 is 1.27 bits per heavy atom. The van der Waals surface area contributed by atoms with Crippen molar-refractivity contribution in [2.75, 3.05) is 41.0 Å². The van der Waals surface area contributed by atoms with Crippen molar-refractivity contribution >= 4 is 16.9 Å². The van der Waals surface area contributed by atoms with Crippen LogP contribution >= 0.6 is 0 Å². The molecule has 3 fully saturated rings. The Hall–Kier alpha value is -2.25. The lowest BCUT2D eigenvalue weighted by atomic mass is 9.56. The molecule has 1 saturated carbocycles. The highest BCUT2D eigenvalue weighted by molar-refractivity contribution is 5.93. The molecule has 30 heavy (non-hydrogen) atoms. The van der Waals surface area contributed by atoms with Crippen molar-refractivity contribution in [3.8, 4) is 11.5 Å². The van der Waals surface area contributed by atoms with Crippen LogP contribution in [0.4, 0.5) is 0 Å². The van der Waals surface area contributed by atoms with Gasteiger partial charge in [0, 0.05) is 48.4 Å². The van der Waals surface area contributed by atoms with E-state index in [2.05, 4.69) is 9.88 Å². The third-order valence-corrected chi connectivity index (χ3v) is 7.64. The molecule has 3 aliphatic heterocycles. The summed E-state index contributed by atoms with van der Waals surface area (Å²) >= 11 is 0. The molecule has 0 spiro atoms. The van der Waals surface area contributed by atoms with Gasteiger partial charge in [0.05, 0.1) is 21.3 Å². The first-order valence-corrected chi connectivity index (χ1v) is 10.8. The van der Waals surface area contributed by atoms with Crippen LogP contribution in [0, 0.1) is 11.8 Å². The number of H-pyrrole nitrogens is 1. The highest BCUT2D eigenvalue weighted by atomic mass is 16.5. The molecule has 4 aliphatic rings. The molecular weight excluding hydrogens is 384 g/mol. The summed E-state index contributed by atoms with van der Waals surface area (Å²) in [5.74, 6) is 1.89. The fourth-order valence-corrected chi connectivity index (χ4v) is 6.70. The molecule has 6 rings (SSSR count). The second-order valence-electron chi connectivity index (χ2n) is 8.96. The average Bonchev–Trinajstić information content (AvgIpc) is 3.09. The number of methoxy groups -OCH3 is 3. The van der Waals surface area contributed by atoms with E-state index in [-0.39, 0.29) is 24.5 Å². The predicted molar refractivity (Wildman–Crippen MR) is 112 cm³/mol. The number of aromatic nitrogens is 1. The molecule has 1 aromatic carbocycles. The maximum Gasteiger partial charge on any atom is 0.319 e. The molecule has 1 aromatic heterocycles. The van der Waals surface area contributed by atoms with E-state index in [1.54, 1.807) is 14.2 Å². The molecule has 2 aromatic rings. The van der Waals surface area contributed by atoms with Crippen LogP contribution in [0.1, 0.15) is 30.5 Å². The Morgan fingerprint density at radius 2 is 2.03 bits per heavy atom. The minimum atomic E-state index is -0.735. The Kier molecular flexibility index (Phi) is 4.71. The molecule has 1 aliphatic carbocycles. The number of aliphatic hydroxyl groups excluding tert-OH is 1. The van der Waals surface area contributed by atoms with Gasteiger partial charge >= 0.3 is 5.97 Å². The standard InChI is InChI=1S/C23H30N2O5/c1-28-18-9-16-15-4-6-25-12-13-8-14(5-7-26)21(25)23(11-13,22(27)30-3)20(15)24-17(16)10-19(18)29-2/h9-10,13-14,21,24,26H,4-8,11-12H2,1-3H3/t13-,14?,21?,23?/m0/s1. The lowest BCUT2D eigenvalue weighted by molar-refractivity contribution is -0.162. The first-order valence-electron chi connectivity index (χ1n) is 10.8. The molecule has 0 amide bonds. The molecule has 4 unspecified atom stereocenters. The van der Waals surface area contributed by atoms with Crippen molar-refractivity contribution in [1.82, 2.24) is 9.88 Å². The fraction of sp³-hybridized carbons (Fsp3) is 0.609. The second kappa shape index (κ2) is 7.17. The van der Waals surface area contributed by atoms with Gasteiger partial charge in [-0.3, -0.25) is 9.69 Å². The van der Waals surface area contributed by atoms with E-state index in [0.29, 0.717) is 23.8 Å². The van der Waals surface area contributed by atoms with Crippen molar-refractivity contribution in [1.29, 1.82) is 0 Å². The van der Waals surface area contributed by atoms with Crippen molar-refractivity contribution in [3.05, 3.63) is 23.4 Å². The number of carbonyl (C=O) groups excluding carboxylic acids is 1. The Balaban J connectivity index is 1.76. The topological polar surface area (TPSA) is 84.0 Å². The maximum atomic E-state index is 13.5. The Labute approximate surface area is 176 Å². The zero-order chi connectivity index (χ0) is 21.0. The first-order chi connectivity index (χ1) is 14.6. The molecule has 4 heterocycles. The van der Waals surface area contributed by atoms with Gasteiger partial charge < -0.3 is 24.3 Å². The number of aliphatic hydroxyl groups is 1. The van der Waals surface area contributed by atoms with Gasteiger partial charge in [-0.15, -0.1) is 0 Å². The van der Waals surface area contributed by atoms with Crippen LogP contribution in [0.25, 0.3) is 10.9 Å². The monoisotopic (exact) mass is 414 g/mol. The molecule has 162 valence electrons. The highest BCUT2D eigenvalue weighted by Crippen LogP contribution is 2.55. The Morgan fingerprint density at radius 3 is 2.73 bits per heavy atom. The third-order valence-electron chi connectivity index (χ3n) is 7.64. The number of fused-ring (bicyclic) bond motifs is 4. The number of carbonyl (C=O) groups is 1. The van der Waals surface area contributed by atoms with Crippen molar-refractivity contribution < 1.29 is 24.1 Å². The molecule has 7 nitrogen and oxygen atoms in total. The number of ether oxygens (including phenoxy) is 3. The van der Waals surface area contributed by atoms with Crippen LogP contribution in [0.15, 0.2) is 12.1 Å². The summed E-state index contributed by atoms with van der Waals surface area (Å²) in [6.45, 7) is 2.06. The molecule has 2 saturated heterocycles. The maximum absolute atomic E-state index is 13.5. The third kappa shape index (κ3) is 2.54. The number of rotatable bonds is 5. The largest absolute Gasteiger partial charge is 0.493 e. The van der Waals surface area contributed by atoms with E-state index in [9.17, 15) is 9.90 Å². The molecule has 4 bridgehead atoms. The second-order valence-corrected chi connectivity index (χ2v) is 8.96. The van der Waals surface area contributed by atoms with E-state index in [0.717, 1.165) is 48.9 Å². The summed E-state index contributed by atoms with van der Waals surface area (Å²) in [4.78, 5) is 19.6. The van der Waals surface area contributed by atoms with Crippen LogP contribution in [-0.4, -0.2) is 68.0 Å². The van der Waals surface area contributed by atoms with Gasteiger partial charge in [0.25, 0.3) is 0 Å². The minimum absolute atomic E-state index is 0.0419. The molecule has 7 heteroatoms. The van der Waals surface area contributed by atoms with Gasteiger partial charge in [0.1, 0.15) is 5.41 Å². The summed E-state index contributed by atoms with van der Waals surface area (Å²) in [6.07, 6.45) is 3.43.